The smallest absolute Gasteiger partial charge is 0.360 e. The van der Waals surface area contributed by atoms with Crippen molar-refractivity contribution in [3.8, 4) is 11.3 Å². The fraction of sp³-hybridized carbons (Fsp3) is 0.353. The lowest BCUT2D eigenvalue weighted by Crippen LogP contribution is -2.11. The third kappa shape index (κ3) is 5.10. The van der Waals surface area contributed by atoms with Gasteiger partial charge in [-0.1, -0.05) is 24.6 Å². The maximum atomic E-state index is 14.6. The number of hydrogen-bond donors (Lipinski definition) is 1. The molecule has 0 aliphatic carbocycles. The van der Waals surface area contributed by atoms with Crippen molar-refractivity contribution in [1.29, 1.82) is 0 Å². The molecule has 1 atom stereocenters. The number of nitrogens with zero attached hydrogens (tertiary/aromatic N) is 3. The van der Waals surface area contributed by atoms with E-state index in [-0.39, 0.29) is 40.4 Å². The summed E-state index contributed by atoms with van der Waals surface area (Å²) in [5, 5.41) is 2.17. The predicted molar refractivity (Wildman–Crippen MR) is 97.4 cm³/mol. The van der Waals surface area contributed by atoms with E-state index >= 15 is 0 Å². The Morgan fingerprint density at radius 2 is 2.15 bits per heavy atom. The largest absolute Gasteiger partial charge is 0.464 e. The first-order valence-electron chi connectivity index (χ1n) is 8.02. The summed E-state index contributed by atoms with van der Waals surface area (Å²) in [7, 11) is 1.17. The van der Waals surface area contributed by atoms with Crippen LogP contribution in [0.1, 0.15) is 29.4 Å². The number of ether oxygens (including phenoxy) is 1. The second kappa shape index (κ2) is 9.22. The molecule has 0 spiro atoms. The zero-order valence-corrected chi connectivity index (χ0v) is 15.5. The van der Waals surface area contributed by atoms with Crippen LogP contribution in [-0.2, 0) is 16.0 Å². The number of benzene rings is 1. The van der Waals surface area contributed by atoms with Crippen LogP contribution in [0.2, 0.25) is 5.15 Å². The molecule has 10 heteroatoms. The van der Waals surface area contributed by atoms with E-state index in [1.807, 2.05) is 6.92 Å². The summed E-state index contributed by atoms with van der Waals surface area (Å²) in [4.78, 5) is 33.8. The topological polar surface area (TPSA) is 117 Å². The van der Waals surface area contributed by atoms with E-state index in [1.54, 1.807) is 6.07 Å². The van der Waals surface area contributed by atoms with Gasteiger partial charge in [-0.05, 0) is 36.5 Å². The fourth-order valence-electron chi connectivity index (χ4n) is 2.52. The summed E-state index contributed by atoms with van der Waals surface area (Å²) in [6, 6.07) is 4.62. The summed E-state index contributed by atoms with van der Waals surface area (Å²) < 4.78 is 19.1. The van der Waals surface area contributed by atoms with Gasteiger partial charge in [-0.2, -0.15) is 0 Å². The molecule has 0 aliphatic heterocycles. The molecular formula is C17H18ClFN4O4. The average molecular weight is 397 g/mol. The van der Waals surface area contributed by atoms with Gasteiger partial charge >= 0.3 is 5.97 Å². The highest BCUT2D eigenvalue weighted by Crippen LogP contribution is 2.30. The number of carbonyl (C=O) groups is 1. The van der Waals surface area contributed by atoms with E-state index in [2.05, 4.69) is 24.9 Å². The van der Waals surface area contributed by atoms with Crippen LogP contribution in [0.5, 0.6) is 0 Å². The Balaban J connectivity index is 2.24. The minimum Gasteiger partial charge on any atom is -0.464 e. The molecule has 1 heterocycles. The van der Waals surface area contributed by atoms with E-state index in [1.165, 1.54) is 19.2 Å². The van der Waals surface area contributed by atoms with Gasteiger partial charge in [0.2, 0.25) is 0 Å². The van der Waals surface area contributed by atoms with Gasteiger partial charge in [-0.15, -0.1) is 4.91 Å². The first-order valence-corrected chi connectivity index (χ1v) is 8.39. The number of halogens is 2. The van der Waals surface area contributed by atoms with Gasteiger partial charge in [0.15, 0.2) is 22.0 Å². The van der Waals surface area contributed by atoms with Crippen molar-refractivity contribution in [1.82, 2.24) is 9.97 Å². The minimum absolute atomic E-state index is 0.0318. The van der Waals surface area contributed by atoms with Gasteiger partial charge < -0.3 is 15.3 Å². The Morgan fingerprint density at radius 1 is 1.41 bits per heavy atom. The van der Waals surface area contributed by atoms with Crippen LogP contribution in [0.4, 0.5) is 10.2 Å². The van der Waals surface area contributed by atoms with Crippen molar-refractivity contribution < 1.29 is 18.8 Å². The number of nitrogen functional groups attached to an aromatic ring is 1. The van der Waals surface area contributed by atoms with Gasteiger partial charge in [-0.3, -0.25) is 0 Å². The van der Waals surface area contributed by atoms with E-state index in [0.717, 1.165) is 5.56 Å². The Kier molecular flexibility index (Phi) is 7.00. The molecule has 2 N–H and O–H groups in total. The number of hydrogen-bond acceptors (Lipinski definition) is 8. The van der Waals surface area contributed by atoms with Crippen LogP contribution in [0.15, 0.2) is 23.5 Å². The molecule has 2 rings (SSSR count). The van der Waals surface area contributed by atoms with Crippen molar-refractivity contribution in [2.45, 2.75) is 19.8 Å². The van der Waals surface area contributed by atoms with Crippen LogP contribution >= 0.6 is 11.6 Å². The molecule has 2 aromatic rings. The number of aromatic nitrogens is 2. The second-order valence-electron chi connectivity index (χ2n) is 5.91. The number of rotatable bonds is 8. The first-order chi connectivity index (χ1) is 12.9. The van der Waals surface area contributed by atoms with Gasteiger partial charge in [0, 0.05) is 5.56 Å². The van der Waals surface area contributed by atoms with Gasteiger partial charge in [0.1, 0.15) is 18.1 Å². The summed E-state index contributed by atoms with van der Waals surface area (Å²) in [5.74, 6) is -1.38. The predicted octanol–water partition coefficient (Wildman–Crippen LogP) is 3.57. The fourth-order valence-corrected chi connectivity index (χ4v) is 2.75. The lowest BCUT2D eigenvalue weighted by molar-refractivity contribution is 0.0595. The van der Waals surface area contributed by atoms with E-state index in [4.69, 9.17) is 17.3 Å². The number of anilines is 1. The van der Waals surface area contributed by atoms with Crippen molar-refractivity contribution in [2.24, 2.45) is 11.3 Å². The number of nitrogens with two attached hydrogens (primary N) is 1. The molecule has 1 aromatic carbocycles. The second-order valence-corrected chi connectivity index (χ2v) is 6.27. The lowest BCUT2D eigenvalue weighted by Gasteiger charge is -2.12. The number of carbonyl (C=O) groups excluding carboxylic acids is 1. The van der Waals surface area contributed by atoms with E-state index in [9.17, 15) is 14.1 Å². The highest BCUT2D eigenvalue weighted by Gasteiger charge is 2.20. The summed E-state index contributed by atoms with van der Waals surface area (Å²) in [5.41, 5.74) is 6.38. The van der Waals surface area contributed by atoms with Crippen LogP contribution in [-0.4, -0.2) is 29.7 Å². The molecule has 0 saturated heterocycles. The van der Waals surface area contributed by atoms with Crippen molar-refractivity contribution >= 4 is 23.4 Å². The zero-order chi connectivity index (χ0) is 20.0. The molecule has 144 valence electrons. The lowest BCUT2D eigenvalue weighted by atomic mass is 9.97. The molecular weight excluding hydrogens is 379 g/mol. The van der Waals surface area contributed by atoms with Crippen LogP contribution in [0.25, 0.3) is 11.3 Å². The molecule has 0 saturated carbocycles. The highest BCUT2D eigenvalue weighted by molar-refractivity contribution is 6.32. The van der Waals surface area contributed by atoms with Crippen molar-refractivity contribution in [2.75, 3.05) is 19.5 Å². The standard InChI is InChI=1S/C17H18ClFN4O4/c1-9(5-6-27-23-25)7-10-3-4-11(12(19)8-10)13-15(18)21-14(16(20)22-13)17(24)26-2/h3-4,8-9H,5-7H2,1-2H3,(H2,20,22). The molecule has 1 unspecified atom stereocenters. The molecule has 8 nitrogen and oxygen atoms in total. The van der Waals surface area contributed by atoms with Gasteiger partial charge in [0.25, 0.3) is 0 Å². The SMILES string of the molecule is COC(=O)c1nc(Cl)c(-c2ccc(CC(C)CCON=O)cc2F)nc1N. The van der Waals surface area contributed by atoms with Crippen molar-refractivity contribution in [3.63, 3.8) is 0 Å². The molecule has 0 bridgehead atoms. The minimum atomic E-state index is -0.785. The van der Waals surface area contributed by atoms with Crippen LogP contribution in [0.3, 0.4) is 0 Å². The number of esters is 1. The van der Waals surface area contributed by atoms with E-state index in [0.29, 0.717) is 12.8 Å². The summed E-state index contributed by atoms with van der Waals surface area (Å²) >= 11 is 6.05. The third-order valence-corrected chi connectivity index (χ3v) is 4.15. The third-order valence-electron chi connectivity index (χ3n) is 3.89. The molecule has 0 fully saturated rings. The Hall–Kier alpha value is -2.81. The maximum absolute atomic E-state index is 14.6. The Bertz CT molecular complexity index is 850. The normalized spacial score (nSPS) is 11.7. The Morgan fingerprint density at radius 3 is 2.78 bits per heavy atom. The molecule has 0 amide bonds. The summed E-state index contributed by atoms with van der Waals surface area (Å²) in [6.07, 6.45) is 1.19. The molecule has 27 heavy (non-hydrogen) atoms. The van der Waals surface area contributed by atoms with Crippen LogP contribution in [0, 0.1) is 16.6 Å². The quantitative estimate of drug-likeness (QED) is 0.313. The maximum Gasteiger partial charge on any atom is 0.360 e. The molecule has 0 aliphatic rings. The van der Waals surface area contributed by atoms with Gasteiger partial charge in [-0.25, -0.2) is 19.2 Å². The number of methoxy groups -OCH3 is 1. The highest BCUT2D eigenvalue weighted by atomic mass is 35.5. The monoisotopic (exact) mass is 396 g/mol. The zero-order valence-electron chi connectivity index (χ0n) is 14.7. The van der Waals surface area contributed by atoms with E-state index < -0.39 is 11.8 Å². The molecule has 0 radical (unpaired) electrons. The van der Waals surface area contributed by atoms with Crippen LogP contribution < -0.4 is 5.73 Å². The van der Waals surface area contributed by atoms with Gasteiger partial charge in [0.05, 0.1) is 7.11 Å². The summed E-state index contributed by atoms with van der Waals surface area (Å²) in [6.45, 7) is 2.16. The molecule has 1 aromatic heterocycles. The Labute approximate surface area is 159 Å². The first kappa shape index (κ1) is 20.5. The van der Waals surface area contributed by atoms with Crippen molar-refractivity contribution in [3.05, 3.63) is 45.3 Å². The average Bonchev–Trinajstić information content (AvgIpc) is 2.63.